The zero-order chi connectivity index (χ0) is 18.2. The molecule has 1 heterocycles. The Morgan fingerprint density at radius 1 is 0.962 bits per heavy atom. The summed E-state index contributed by atoms with van der Waals surface area (Å²) in [6, 6.07) is 20.7. The number of carbonyl (C=O) groups is 1. The minimum absolute atomic E-state index is 0.232. The van der Waals surface area contributed by atoms with E-state index in [2.05, 4.69) is 5.32 Å². The highest BCUT2D eigenvalue weighted by atomic mass is 16.5. The number of ether oxygens (including phenoxy) is 2. The fourth-order valence-corrected chi connectivity index (χ4v) is 2.45. The lowest BCUT2D eigenvalue weighted by Gasteiger charge is -2.05. The Kier molecular flexibility index (Phi) is 5.93. The van der Waals surface area contributed by atoms with Crippen molar-refractivity contribution in [2.75, 3.05) is 13.7 Å². The van der Waals surface area contributed by atoms with Crippen molar-refractivity contribution in [2.24, 2.45) is 0 Å². The largest absolute Gasteiger partial charge is 0.497 e. The summed E-state index contributed by atoms with van der Waals surface area (Å²) >= 11 is 0. The Bertz CT molecular complexity index is 825. The van der Waals surface area contributed by atoms with Crippen LogP contribution in [0.3, 0.4) is 0 Å². The van der Waals surface area contributed by atoms with E-state index in [1.165, 1.54) is 0 Å². The van der Waals surface area contributed by atoms with Gasteiger partial charge in [0, 0.05) is 6.54 Å². The second-order valence-corrected chi connectivity index (χ2v) is 5.72. The molecule has 0 unspecified atom stereocenters. The first kappa shape index (κ1) is 17.6. The van der Waals surface area contributed by atoms with Crippen molar-refractivity contribution >= 4 is 5.91 Å². The van der Waals surface area contributed by atoms with Gasteiger partial charge in [-0.05, 0) is 48.4 Å². The average molecular weight is 351 g/mol. The van der Waals surface area contributed by atoms with Crippen LogP contribution in [0.5, 0.6) is 11.5 Å². The van der Waals surface area contributed by atoms with Crippen LogP contribution in [0.25, 0.3) is 0 Å². The van der Waals surface area contributed by atoms with Gasteiger partial charge in [0.25, 0.3) is 5.91 Å². The molecule has 0 radical (unpaired) electrons. The topological polar surface area (TPSA) is 60.7 Å². The third kappa shape index (κ3) is 4.89. The standard InChI is InChI=1S/C21H21NO4/c1-24-17-9-7-16(8-10-17)13-14-22-21(23)20-12-11-19(26-20)15-25-18-5-3-2-4-6-18/h2-12H,13-15H2,1H3,(H,22,23). The maximum absolute atomic E-state index is 12.2. The summed E-state index contributed by atoms with van der Waals surface area (Å²) in [4.78, 5) is 12.2. The zero-order valence-corrected chi connectivity index (χ0v) is 14.6. The quantitative estimate of drug-likeness (QED) is 0.670. The molecule has 26 heavy (non-hydrogen) atoms. The van der Waals surface area contributed by atoms with Crippen LogP contribution in [-0.4, -0.2) is 19.6 Å². The van der Waals surface area contributed by atoms with Crippen molar-refractivity contribution in [1.82, 2.24) is 5.32 Å². The van der Waals surface area contributed by atoms with Gasteiger partial charge < -0.3 is 19.2 Å². The van der Waals surface area contributed by atoms with Gasteiger partial charge >= 0.3 is 0 Å². The van der Waals surface area contributed by atoms with Gasteiger partial charge in [0.2, 0.25) is 0 Å². The first-order valence-corrected chi connectivity index (χ1v) is 8.42. The van der Waals surface area contributed by atoms with Crippen LogP contribution >= 0.6 is 0 Å². The molecule has 0 saturated heterocycles. The van der Waals surface area contributed by atoms with Crippen LogP contribution in [0.15, 0.2) is 71.1 Å². The lowest BCUT2D eigenvalue weighted by Crippen LogP contribution is -2.25. The summed E-state index contributed by atoms with van der Waals surface area (Å²) in [6.07, 6.45) is 0.737. The molecule has 1 aromatic heterocycles. The lowest BCUT2D eigenvalue weighted by atomic mass is 10.1. The first-order chi connectivity index (χ1) is 12.7. The number of benzene rings is 2. The third-order valence-electron chi connectivity index (χ3n) is 3.87. The van der Waals surface area contributed by atoms with Gasteiger partial charge in [-0.25, -0.2) is 0 Å². The Morgan fingerprint density at radius 3 is 2.46 bits per heavy atom. The van der Waals surface area contributed by atoms with E-state index in [1.54, 1.807) is 19.2 Å². The summed E-state index contributed by atoms with van der Waals surface area (Å²) in [5.74, 6) is 2.23. The van der Waals surface area contributed by atoms with Crippen LogP contribution < -0.4 is 14.8 Å². The van der Waals surface area contributed by atoms with Crippen molar-refractivity contribution in [3.63, 3.8) is 0 Å². The van der Waals surface area contributed by atoms with Gasteiger partial charge in [-0.15, -0.1) is 0 Å². The van der Waals surface area contributed by atoms with E-state index in [4.69, 9.17) is 13.9 Å². The van der Waals surface area contributed by atoms with Crippen LogP contribution in [0.1, 0.15) is 21.9 Å². The molecule has 0 spiro atoms. The van der Waals surface area contributed by atoms with E-state index < -0.39 is 0 Å². The van der Waals surface area contributed by atoms with E-state index in [-0.39, 0.29) is 18.3 Å². The molecule has 0 fully saturated rings. The summed E-state index contributed by atoms with van der Waals surface area (Å²) in [5, 5.41) is 2.86. The fraction of sp³-hybridized carbons (Fsp3) is 0.190. The predicted octanol–water partition coefficient (Wildman–Crippen LogP) is 3.84. The minimum Gasteiger partial charge on any atom is -0.497 e. The highest BCUT2D eigenvalue weighted by Gasteiger charge is 2.11. The number of furan rings is 1. The van der Waals surface area contributed by atoms with Gasteiger partial charge in [0.15, 0.2) is 5.76 Å². The van der Waals surface area contributed by atoms with E-state index in [0.29, 0.717) is 12.3 Å². The maximum Gasteiger partial charge on any atom is 0.287 e. The van der Waals surface area contributed by atoms with Crippen molar-refractivity contribution in [3.05, 3.63) is 83.8 Å². The molecule has 5 heteroatoms. The number of hydrogen-bond donors (Lipinski definition) is 1. The molecule has 3 aromatic rings. The molecule has 0 aliphatic rings. The molecular formula is C21H21NO4. The summed E-state index contributed by atoms with van der Waals surface area (Å²) in [7, 11) is 1.64. The molecular weight excluding hydrogens is 330 g/mol. The van der Waals surface area contributed by atoms with Gasteiger partial charge in [0.05, 0.1) is 7.11 Å². The monoisotopic (exact) mass is 351 g/mol. The minimum atomic E-state index is -0.232. The highest BCUT2D eigenvalue weighted by molar-refractivity contribution is 5.91. The van der Waals surface area contributed by atoms with E-state index in [1.807, 2.05) is 54.6 Å². The second kappa shape index (κ2) is 8.76. The molecule has 3 rings (SSSR count). The molecule has 134 valence electrons. The summed E-state index contributed by atoms with van der Waals surface area (Å²) < 4.78 is 16.3. The van der Waals surface area contributed by atoms with Gasteiger partial charge in [-0.3, -0.25) is 4.79 Å². The van der Waals surface area contributed by atoms with Crippen LogP contribution in [0, 0.1) is 0 Å². The SMILES string of the molecule is COc1ccc(CCNC(=O)c2ccc(COc3ccccc3)o2)cc1. The Labute approximate surface area is 152 Å². The van der Waals surface area contributed by atoms with Gasteiger partial charge in [-0.1, -0.05) is 30.3 Å². The molecule has 0 atom stereocenters. The normalized spacial score (nSPS) is 10.3. The number of methoxy groups -OCH3 is 1. The smallest absolute Gasteiger partial charge is 0.287 e. The number of amides is 1. The Hall–Kier alpha value is -3.21. The van der Waals surface area contributed by atoms with Crippen molar-refractivity contribution in [2.45, 2.75) is 13.0 Å². The van der Waals surface area contributed by atoms with Crippen LogP contribution in [0.2, 0.25) is 0 Å². The highest BCUT2D eigenvalue weighted by Crippen LogP contribution is 2.14. The third-order valence-corrected chi connectivity index (χ3v) is 3.87. The molecule has 0 aliphatic carbocycles. The average Bonchev–Trinajstić information content (AvgIpc) is 3.17. The summed E-state index contributed by atoms with van der Waals surface area (Å²) in [5.41, 5.74) is 1.13. The lowest BCUT2D eigenvalue weighted by molar-refractivity contribution is 0.0922. The number of hydrogen-bond acceptors (Lipinski definition) is 4. The van der Waals surface area contributed by atoms with Crippen LogP contribution in [0.4, 0.5) is 0 Å². The van der Waals surface area contributed by atoms with Crippen molar-refractivity contribution in [3.8, 4) is 11.5 Å². The molecule has 0 bridgehead atoms. The molecule has 1 N–H and O–H groups in total. The fourth-order valence-electron chi connectivity index (χ4n) is 2.45. The first-order valence-electron chi connectivity index (χ1n) is 8.42. The van der Waals surface area contributed by atoms with Crippen LogP contribution in [-0.2, 0) is 13.0 Å². The van der Waals surface area contributed by atoms with E-state index >= 15 is 0 Å². The molecule has 1 amide bonds. The molecule has 0 aliphatic heterocycles. The Morgan fingerprint density at radius 2 is 1.73 bits per heavy atom. The molecule has 0 saturated carbocycles. The zero-order valence-electron chi connectivity index (χ0n) is 14.6. The van der Waals surface area contributed by atoms with Crippen molar-refractivity contribution < 1.29 is 18.7 Å². The number of carbonyl (C=O) groups excluding carboxylic acids is 1. The molecule has 2 aromatic carbocycles. The Balaban J connectivity index is 1.45. The summed E-state index contributed by atoms with van der Waals surface area (Å²) in [6.45, 7) is 0.810. The maximum atomic E-state index is 12.2. The van der Waals surface area contributed by atoms with E-state index in [9.17, 15) is 4.79 Å². The predicted molar refractivity (Wildman–Crippen MR) is 98.5 cm³/mol. The number of rotatable bonds is 8. The van der Waals surface area contributed by atoms with Gasteiger partial charge in [-0.2, -0.15) is 0 Å². The molecule has 5 nitrogen and oxygen atoms in total. The van der Waals surface area contributed by atoms with Crippen molar-refractivity contribution in [1.29, 1.82) is 0 Å². The number of para-hydroxylation sites is 1. The van der Waals surface area contributed by atoms with Gasteiger partial charge in [0.1, 0.15) is 23.9 Å². The number of nitrogens with one attached hydrogen (secondary N) is 1. The van der Waals surface area contributed by atoms with E-state index in [0.717, 1.165) is 23.5 Å². The second-order valence-electron chi connectivity index (χ2n) is 5.72.